The van der Waals surface area contributed by atoms with E-state index in [0.29, 0.717) is 18.3 Å². The molecule has 1 amide bonds. The van der Waals surface area contributed by atoms with E-state index < -0.39 is 11.9 Å². The Balaban J connectivity index is 1.64. The van der Waals surface area contributed by atoms with Crippen molar-refractivity contribution in [2.24, 2.45) is 23.7 Å². The predicted molar refractivity (Wildman–Crippen MR) is 79.6 cm³/mol. The van der Waals surface area contributed by atoms with Crippen LogP contribution in [0.3, 0.4) is 0 Å². The smallest absolute Gasteiger partial charge is 0.308 e. The molecule has 21 heavy (non-hydrogen) atoms. The lowest BCUT2D eigenvalue weighted by Gasteiger charge is -2.29. The molecule has 2 saturated carbocycles. The van der Waals surface area contributed by atoms with Gasteiger partial charge in [0.1, 0.15) is 0 Å². The van der Waals surface area contributed by atoms with Crippen molar-refractivity contribution < 1.29 is 14.7 Å². The van der Waals surface area contributed by atoms with Crippen LogP contribution in [0.1, 0.15) is 51.4 Å². The second kappa shape index (κ2) is 6.20. The molecule has 5 unspecified atom stereocenters. The van der Waals surface area contributed by atoms with Gasteiger partial charge in [0.05, 0.1) is 5.92 Å². The van der Waals surface area contributed by atoms with Crippen molar-refractivity contribution in [3.8, 4) is 0 Å². The van der Waals surface area contributed by atoms with Gasteiger partial charge in [-0.1, -0.05) is 37.8 Å². The molecule has 116 valence electrons. The molecule has 0 heterocycles. The van der Waals surface area contributed by atoms with Crippen molar-refractivity contribution in [2.45, 2.75) is 57.4 Å². The molecule has 3 rings (SSSR count). The third-order valence-corrected chi connectivity index (χ3v) is 5.53. The van der Waals surface area contributed by atoms with Crippen LogP contribution in [0.25, 0.3) is 0 Å². The zero-order valence-corrected chi connectivity index (χ0v) is 12.5. The normalized spacial score (nSPS) is 38.8. The maximum atomic E-state index is 12.5. The zero-order valence-electron chi connectivity index (χ0n) is 12.5. The average Bonchev–Trinajstić information content (AvgIpc) is 3.03. The van der Waals surface area contributed by atoms with Crippen LogP contribution in [0, 0.1) is 23.7 Å². The van der Waals surface area contributed by atoms with Gasteiger partial charge in [0.15, 0.2) is 0 Å². The minimum absolute atomic E-state index is 0.0693. The number of hydrogen-bond donors (Lipinski definition) is 2. The summed E-state index contributed by atoms with van der Waals surface area (Å²) in [6.07, 6.45) is 12.2. The quantitative estimate of drug-likeness (QED) is 0.786. The highest BCUT2D eigenvalue weighted by atomic mass is 16.4. The summed E-state index contributed by atoms with van der Waals surface area (Å²) in [6.45, 7) is 0. The van der Waals surface area contributed by atoms with E-state index in [9.17, 15) is 14.7 Å². The van der Waals surface area contributed by atoms with E-state index in [1.165, 1.54) is 0 Å². The van der Waals surface area contributed by atoms with Gasteiger partial charge < -0.3 is 10.4 Å². The third kappa shape index (κ3) is 3.14. The van der Waals surface area contributed by atoms with E-state index in [4.69, 9.17) is 0 Å². The highest BCUT2D eigenvalue weighted by molar-refractivity contribution is 5.81. The molecule has 2 N–H and O–H groups in total. The number of hydrogen-bond acceptors (Lipinski definition) is 2. The molecular weight excluding hydrogens is 266 g/mol. The minimum atomic E-state index is -0.755. The van der Waals surface area contributed by atoms with Crippen LogP contribution in [0.2, 0.25) is 0 Å². The lowest BCUT2D eigenvalue weighted by atomic mass is 9.85. The van der Waals surface area contributed by atoms with Crippen molar-refractivity contribution in [3.63, 3.8) is 0 Å². The van der Waals surface area contributed by atoms with Crippen molar-refractivity contribution in [1.82, 2.24) is 5.32 Å². The second-order valence-corrected chi connectivity index (χ2v) is 6.94. The Morgan fingerprint density at radius 3 is 2.33 bits per heavy atom. The largest absolute Gasteiger partial charge is 0.481 e. The molecular formula is C17H25NO3. The summed E-state index contributed by atoms with van der Waals surface area (Å²) in [4.78, 5) is 24.0. The molecule has 2 bridgehead atoms. The van der Waals surface area contributed by atoms with Crippen molar-refractivity contribution in [3.05, 3.63) is 12.2 Å². The van der Waals surface area contributed by atoms with E-state index in [2.05, 4.69) is 17.5 Å². The number of rotatable bonds is 3. The molecule has 0 saturated heterocycles. The van der Waals surface area contributed by atoms with Crippen LogP contribution < -0.4 is 5.32 Å². The van der Waals surface area contributed by atoms with Gasteiger partial charge in [-0.15, -0.1) is 0 Å². The lowest BCUT2D eigenvalue weighted by molar-refractivity contribution is -0.143. The molecule has 3 aliphatic rings. The summed E-state index contributed by atoms with van der Waals surface area (Å²) >= 11 is 0. The maximum absolute atomic E-state index is 12.5. The van der Waals surface area contributed by atoms with Crippen LogP contribution in [0.15, 0.2) is 12.2 Å². The fourth-order valence-corrected chi connectivity index (χ4v) is 4.32. The number of amides is 1. The van der Waals surface area contributed by atoms with Gasteiger partial charge in [0, 0.05) is 12.0 Å². The topological polar surface area (TPSA) is 66.4 Å². The molecule has 2 fully saturated rings. The Labute approximate surface area is 126 Å². The lowest BCUT2D eigenvalue weighted by Crippen LogP contribution is -2.46. The second-order valence-electron chi connectivity index (χ2n) is 6.94. The van der Waals surface area contributed by atoms with Crippen LogP contribution in [-0.2, 0) is 9.59 Å². The summed E-state index contributed by atoms with van der Waals surface area (Å²) in [5.74, 6) is -0.0628. The molecule has 3 aliphatic carbocycles. The van der Waals surface area contributed by atoms with E-state index >= 15 is 0 Å². The highest BCUT2D eigenvalue weighted by Gasteiger charge is 2.41. The molecule has 0 aromatic carbocycles. The number of carbonyl (C=O) groups is 2. The minimum Gasteiger partial charge on any atom is -0.481 e. The van der Waals surface area contributed by atoms with Crippen LogP contribution in [-0.4, -0.2) is 23.0 Å². The van der Waals surface area contributed by atoms with Gasteiger partial charge in [-0.3, -0.25) is 9.59 Å². The summed E-state index contributed by atoms with van der Waals surface area (Å²) in [7, 11) is 0. The first-order valence-electron chi connectivity index (χ1n) is 8.36. The predicted octanol–water partition coefficient (Wildman–Crippen LogP) is 2.74. The Morgan fingerprint density at radius 1 is 0.952 bits per heavy atom. The highest BCUT2D eigenvalue weighted by Crippen LogP contribution is 2.43. The first-order valence-corrected chi connectivity index (χ1v) is 8.36. The Bertz CT molecular complexity index is 445. The maximum Gasteiger partial charge on any atom is 0.308 e. The van der Waals surface area contributed by atoms with E-state index in [0.717, 1.165) is 44.9 Å². The number of allylic oxidation sites excluding steroid dienone is 2. The van der Waals surface area contributed by atoms with Crippen LogP contribution in [0.5, 0.6) is 0 Å². The number of fused-ring (bicyclic) bond motifs is 2. The summed E-state index contributed by atoms with van der Waals surface area (Å²) in [5.41, 5.74) is 0. The Hall–Kier alpha value is -1.32. The molecule has 0 aliphatic heterocycles. The molecule has 0 spiro atoms. The zero-order chi connectivity index (χ0) is 14.8. The number of nitrogens with one attached hydrogen (secondary N) is 1. The van der Waals surface area contributed by atoms with Crippen molar-refractivity contribution >= 4 is 11.9 Å². The fraction of sp³-hybridized carbons (Fsp3) is 0.765. The van der Waals surface area contributed by atoms with Gasteiger partial charge in [0.25, 0.3) is 0 Å². The van der Waals surface area contributed by atoms with Gasteiger partial charge in [-0.2, -0.15) is 0 Å². The van der Waals surface area contributed by atoms with Crippen molar-refractivity contribution in [1.29, 1.82) is 0 Å². The average molecular weight is 291 g/mol. The van der Waals surface area contributed by atoms with Gasteiger partial charge >= 0.3 is 5.97 Å². The number of carboxylic acids is 1. The Morgan fingerprint density at radius 2 is 1.71 bits per heavy atom. The molecule has 4 nitrogen and oxygen atoms in total. The van der Waals surface area contributed by atoms with Crippen molar-refractivity contribution in [2.75, 3.05) is 0 Å². The molecule has 0 aromatic rings. The molecule has 0 aromatic heterocycles. The van der Waals surface area contributed by atoms with E-state index in [-0.39, 0.29) is 17.9 Å². The summed E-state index contributed by atoms with van der Waals surface area (Å²) in [5, 5.41) is 12.5. The molecule has 5 atom stereocenters. The van der Waals surface area contributed by atoms with Gasteiger partial charge in [-0.05, 0) is 37.5 Å². The van der Waals surface area contributed by atoms with Crippen LogP contribution in [0.4, 0.5) is 0 Å². The monoisotopic (exact) mass is 291 g/mol. The molecule has 4 heteroatoms. The number of carboxylic acid groups (broad SMARTS) is 1. The third-order valence-electron chi connectivity index (χ3n) is 5.53. The Kier molecular flexibility index (Phi) is 4.32. The fourth-order valence-electron chi connectivity index (χ4n) is 4.32. The van der Waals surface area contributed by atoms with E-state index in [1.807, 2.05) is 0 Å². The van der Waals surface area contributed by atoms with Gasteiger partial charge in [0.2, 0.25) is 5.91 Å². The van der Waals surface area contributed by atoms with E-state index in [1.54, 1.807) is 0 Å². The molecule has 0 radical (unpaired) electrons. The standard InChI is InChI=1S/C17H25NO3/c19-16(14-10-11-7-8-12(14)9-11)18-15-6-4-2-1-3-5-13(15)17(20)21/h7-8,11-15H,1-6,9-10H2,(H,18,19)(H,20,21). The summed E-state index contributed by atoms with van der Waals surface area (Å²) in [6, 6.07) is -0.182. The summed E-state index contributed by atoms with van der Waals surface area (Å²) < 4.78 is 0. The first kappa shape index (κ1) is 14.6. The number of carbonyl (C=O) groups excluding carboxylic acids is 1. The first-order chi connectivity index (χ1) is 10.1. The number of aliphatic carboxylic acids is 1. The van der Waals surface area contributed by atoms with Crippen LogP contribution >= 0.6 is 0 Å². The van der Waals surface area contributed by atoms with Gasteiger partial charge in [-0.25, -0.2) is 0 Å². The SMILES string of the molecule is O=C(NC1CCCCCCC1C(=O)O)C1CC2C=CC1C2.